The van der Waals surface area contributed by atoms with Crippen LogP contribution < -0.4 is 10.2 Å². The fourth-order valence-electron chi connectivity index (χ4n) is 3.26. The van der Waals surface area contributed by atoms with Crippen LogP contribution in [0.2, 0.25) is 0 Å². The molecule has 0 bridgehead atoms. The average molecular weight is 324 g/mol. The summed E-state index contributed by atoms with van der Waals surface area (Å²) in [5.41, 5.74) is 6.07. The van der Waals surface area contributed by atoms with Gasteiger partial charge in [0.25, 0.3) is 5.91 Å². The highest BCUT2D eigenvalue weighted by Gasteiger charge is 2.18. The van der Waals surface area contributed by atoms with E-state index in [9.17, 15) is 9.90 Å². The van der Waals surface area contributed by atoms with Crippen LogP contribution in [0, 0.1) is 13.8 Å². The Kier molecular flexibility index (Phi) is 4.58. The Balaban J connectivity index is 1.65. The van der Waals surface area contributed by atoms with E-state index in [0.29, 0.717) is 5.56 Å². The number of rotatable bonds is 4. The number of carbonyl (C=O) groups is 1. The molecule has 1 atom stereocenters. The first-order valence-corrected chi connectivity index (χ1v) is 8.33. The third kappa shape index (κ3) is 3.29. The Hall–Kier alpha value is -2.33. The summed E-state index contributed by atoms with van der Waals surface area (Å²) in [7, 11) is 2.08. The van der Waals surface area contributed by atoms with E-state index in [1.165, 1.54) is 11.3 Å². The summed E-state index contributed by atoms with van der Waals surface area (Å²) >= 11 is 0. The maximum absolute atomic E-state index is 12.3. The molecule has 1 amide bonds. The second-order valence-electron chi connectivity index (χ2n) is 6.60. The first-order chi connectivity index (χ1) is 11.5. The van der Waals surface area contributed by atoms with Crippen molar-refractivity contribution in [2.75, 3.05) is 25.0 Å². The first kappa shape index (κ1) is 16.5. The standard InChI is InChI=1S/C20H24N2O2/c1-13-4-6-17(14(2)10-13)20(24)21-12-19(23)16-5-7-18-15(11-16)8-9-22(18)3/h4-7,10-11,19,23H,8-9,12H2,1-3H3,(H,21,24). The van der Waals surface area contributed by atoms with Crippen LogP contribution in [0.3, 0.4) is 0 Å². The molecule has 24 heavy (non-hydrogen) atoms. The Morgan fingerprint density at radius 3 is 2.79 bits per heavy atom. The van der Waals surface area contributed by atoms with Gasteiger partial charge in [-0.15, -0.1) is 0 Å². The van der Waals surface area contributed by atoms with Crippen LogP contribution in [0.15, 0.2) is 36.4 Å². The van der Waals surface area contributed by atoms with E-state index >= 15 is 0 Å². The van der Waals surface area contributed by atoms with Crippen molar-refractivity contribution in [2.45, 2.75) is 26.4 Å². The van der Waals surface area contributed by atoms with Crippen molar-refractivity contribution >= 4 is 11.6 Å². The molecule has 0 radical (unpaired) electrons. The summed E-state index contributed by atoms with van der Waals surface area (Å²) in [6.07, 6.45) is 0.303. The summed E-state index contributed by atoms with van der Waals surface area (Å²) in [5.74, 6) is -0.146. The van der Waals surface area contributed by atoms with Gasteiger partial charge in [-0.05, 0) is 49.1 Å². The zero-order valence-corrected chi connectivity index (χ0v) is 14.5. The number of fused-ring (bicyclic) bond motifs is 1. The van der Waals surface area contributed by atoms with Gasteiger partial charge in [-0.25, -0.2) is 0 Å². The van der Waals surface area contributed by atoms with Crippen molar-refractivity contribution in [3.05, 3.63) is 64.2 Å². The fraction of sp³-hybridized carbons (Fsp3) is 0.350. The van der Waals surface area contributed by atoms with Crippen molar-refractivity contribution in [3.8, 4) is 0 Å². The van der Waals surface area contributed by atoms with Gasteiger partial charge in [-0.1, -0.05) is 29.8 Å². The summed E-state index contributed by atoms with van der Waals surface area (Å²) < 4.78 is 0. The van der Waals surface area contributed by atoms with Crippen molar-refractivity contribution < 1.29 is 9.90 Å². The molecule has 2 aromatic carbocycles. The first-order valence-electron chi connectivity index (χ1n) is 8.33. The largest absolute Gasteiger partial charge is 0.387 e. The van der Waals surface area contributed by atoms with Gasteiger partial charge < -0.3 is 15.3 Å². The number of carbonyl (C=O) groups excluding carboxylic acids is 1. The number of nitrogens with zero attached hydrogens (tertiary/aromatic N) is 1. The molecule has 0 aromatic heterocycles. The molecule has 0 fully saturated rings. The van der Waals surface area contributed by atoms with Crippen LogP contribution in [0.4, 0.5) is 5.69 Å². The van der Waals surface area contributed by atoms with Crippen LogP contribution in [0.25, 0.3) is 0 Å². The van der Waals surface area contributed by atoms with Crippen LogP contribution in [-0.4, -0.2) is 31.2 Å². The predicted octanol–water partition coefficient (Wildman–Crippen LogP) is 2.76. The topological polar surface area (TPSA) is 52.6 Å². The van der Waals surface area contributed by atoms with Crippen LogP contribution in [-0.2, 0) is 6.42 Å². The lowest BCUT2D eigenvalue weighted by molar-refractivity contribution is 0.0915. The van der Waals surface area contributed by atoms with E-state index in [0.717, 1.165) is 29.7 Å². The number of benzene rings is 2. The molecule has 1 aliphatic heterocycles. The van der Waals surface area contributed by atoms with Gasteiger partial charge in [0.1, 0.15) is 0 Å². The van der Waals surface area contributed by atoms with E-state index in [2.05, 4.69) is 17.3 Å². The number of amides is 1. The van der Waals surface area contributed by atoms with Crippen LogP contribution in [0.1, 0.15) is 38.7 Å². The molecule has 2 N–H and O–H groups in total. The highest BCUT2D eigenvalue weighted by molar-refractivity contribution is 5.95. The van der Waals surface area contributed by atoms with Crippen molar-refractivity contribution in [1.29, 1.82) is 0 Å². The summed E-state index contributed by atoms with van der Waals surface area (Å²) in [5, 5.41) is 13.2. The number of anilines is 1. The average Bonchev–Trinajstić information content (AvgIpc) is 2.93. The van der Waals surface area contributed by atoms with E-state index in [1.807, 2.05) is 50.2 Å². The number of aliphatic hydroxyl groups excluding tert-OH is 1. The van der Waals surface area contributed by atoms with Gasteiger partial charge in [0, 0.05) is 31.4 Å². The monoisotopic (exact) mass is 324 g/mol. The van der Waals surface area contributed by atoms with E-state index in [-0.39, 0.29) is 12.5 Å². The van der Waals surface area contributed by atoms with Crippen molar-refractivity contribution in [3.63, 3.8) is 0 Å². The number of hydrogen-bond donors (Lipinski definition) is 2. The third-order valence-corrected chi connectivity index (χ3v) is 4.70. The van der Waals surface area contributed by atoms with Gasteiger partial charge in [-0.2, -0.15) is 0 Å². The quantitative estimate of drug-likeness (QED) is 0.909. The number of hydrogen-bond acceptors (Lipinski definition) is 3. The molecule has 0 saturated carbocycles. The Morgan fingerprint density at radius 1 is 1.25 bits per heavy atom. The highest BCUT2D eigenvalue weighted by Crippen LogP contribution is 2.29. The molecule has 4 nitrogen and oxygen atoms in total. The summed E-state index contributed by atoms with van der Waals surface area (Å²) in [6, 6.07) is 11.8. The lowest BCUT2D eigenvalue weighted by atomic mass is 10.0. The minimum absolute atomic E-state index is 0.146. The normalized spacial score (nSPS) is 14.4. The van der Waals surface area contributed by atoms with Gasteiger partial charge >= 0.3 is 0 Å². The number of likely N-dealkylation sites (N-methyl/N-ethyl adjacent to an activating group) is 1. The Morgan fingerprint density at radius 2 is 2.04 bits per heavy atom. The van der Waals surface area contributed by atoms with E-state index in [1.54, 1.807) is 0 Å². The van der Waals surface area contributed by atoms with Gasteiger partial charge in [0.05, 0.1) is 6.10 Å². The molecule has 4 heteroatoms. The molecule has 0 spiro atoms. The molecule has 0 saturated heterocycles. The van der Waals surface area contributed by atoms with E-state index < -0.39 is 6.10 Å². The molecular weight excluding hydrogens is 300 g/mol. The Labute approximate surface area is 143 Å². The van der Waals surface area contributed by atoms with Crippen molar-refractivity contribution in [2.24, 2.45) is 0 Å². The molecule has 126 valence electrons. The summed E-state index contributed by atoms with van der Waals surface area (Å²) in [4.78, 5) is 14.5. The second-order valence-corrected chi connectivity index (χ2v) is 6.60. The van der Waals surface area contributed by atoms with Crippen LogP contribution in [0.5, 0.6) is 0 Å². The van der Waals surface area contributed by atoms with Gasteiger partial charge in [0.2, 0.25) is 0 Å². The minimum Gasteiger partial charge on any atom is -0.387 e. The number of nitrogens with one attached hydrogen (secondary N) is 1. The SMILES string of the molecule is Cc1ccc(C(=O)NCC(O)c2ccc3c(c2)CCN3C)c(C)c1. The minimum atomic E-state index is -0.698. The highest BCUT2D eigenvalue weighted by atomic mass is 16.3. The van der Waals surface area contributed by atoms with E-state index in [4.69, 9.17) is 0 Å². The second kappa shape index (κ2) is 6.65. The molecule has 0 aliphatic carbocycles. The molecular formula is C20H24N2O2. The Bertz CT molecular complexity index is 770. The zero-order chi connectivity index (χ0) is 17.3. The lowest BCUT2D eigenvalue weighted by Crippen LogP contribution is -2.29. The zero-order valence-electron chi connectivity index (χ0n) is 14.5. The molecule has 1 aliphatic rings. The molecule has 3 rings (SSSR count). The molecule has 1 unspecified atom stereocenters. The number of aliphatic hydroxyl groups is 1. The summed E-state index contributed by atoms with van der Waals surface area (Å²) in [6.45, 7) is 5.15. The lowest BCUT2D eigenvalue weighted by Gasteiger charge is -2.16. The number of aryl methyl sites for hydroxylation is 2. The maximum atomic E-state index is 12.3. The van der Waals surface area contributed by atoms with Crippen molar-refractivity contribution in [1.82, 2.24) is 5.32 Å². The van der Waals surface area contributed by atoms with Gasteiger partial charge in [-0.3, -0.25) is 4.79 Å². The van der Waals surface area contributed by atoms with Crippen LogP contribution >= 0.6 is 0 Å². The third-order valence-electron chi connectivity index (χ3n) is 4.70. The molecule has 1 heterocycles. The molecule has 2 aromatic rings. The maximum Gasteiger partial charge on any atom is 0.251 e. The fourth-order valence-corrected chi connectivity index (χ4v) is 3.26. The van der Waals surface area contributed by atoms with Gasteiger partial charge in [0.15, 0.2) is 0 Å². The smallest absolute Gasteiger partial charge is 0.251 e. The predicted molar refractivity (Wildman–Crippen MR) is 96.6 cm³/mol.